The maximum atomic E-state index is 12.6. The normalized spacial score (nSPS) is 10.3. The number of methoxy groups -OCH3 is 1. The molecule has 1 amide bonds. The molecule has 1 aromatic carbocycles. The first-order chi connectivity index (χ1) is 10.6. The van der Waals surface area contributed by atoms with Gasteiger partial charge in [-0.3, -0.25) is 9.59 Å². The molecule has 4 nitrogen and oxygen atoms in total. The molecule has 0 aromatic heterocycles. The average Bonchev–Trinajstić information content (AvgIpc) is 2.53. The van der Waals surface area contributed by atoms with Crippen LogP contribution in [0.25, 0.3) is 0 Å². The van der Waals surface area contributed by atoms with E-state index in [2.05, 4.69) is 11.7 Å². The fraction of sp³-hybridized carbons (Fsp3) is 0.529. The Balaban J connectivity index is 2.72. The molecule has 1 rings (SSSR count). The molecule has 0 saturated heterocycles. The zero-order chi connectivity index (χ0) is 16.4. The maximum Gasteiger partial charge on any atom is 0.307 e. The number of esters is 1. The monoisotopic (exact) mass is 325 g/mol. The largest absolute Gasteiger partial charge is 0.469 e. The molecule has 0 aliphatic heterocycles. The standard InChI is InChI=1S/C17H24ClNO3/c1-3-4-5-8-12-19(13-11-16(20)22-2)17(21)14-9-6-7-10-15(14)18/h6-7,9-10H,3-5,8,11-13H2,1-2H3. The molecule has 122 valence electrons. The molecule has 0 aliphatic carbocycles. The highest BCUT2D eigenvalue weighted by Gasteiger charge is 2.18. The van der Waals surface area contributed by atoms with E-state index in [0.29, 0.717) is 23.7 Å². The Hall–Kier alpha value is -1.55. The predicted octanol–water partition coefficient (Wildman–Crippen LogP) is 3.93. The van der Waals surface area contributed by atoms with Crippen LogP contribution in [0.15, 0.2) is 24.3 Å². The number of carbonyl (C=O) groups excluding carboxylic acids is 2. The van der Waals surface area contributed by atoms with E-state index in [1.54, 1.807) is 29.2 Å². The molecule has 5 heteroatoms. The second-order valence-corrected chi connectivity index (χ2v) is 5.57. The van der Waals surface area contributed by atoms with E-state index in [4.69, 9.17) is 11.6 Å². The number of hydrogen-bond donors (Lipinski definition) is 0. The van der Waals surface area contributed by atoms with Crippen molar-refractivity contribution in [2.45, 2.75) is 39.0 Å². The summed E-state index contributed by atoms with van der Waals surface area (Å²) >= 11 is 6.10. The Morgan fingerprint density at radius 2 is 1.86 bits per heavy atom. The lowest BCUT2D eigenvalue weighted by Gasteiger charge is -2.23. The molecule has 0 unspecified atom stereocenters. The lowest BCUT2D eigenvalue weighted by Crippen LogP contribution is -2.34. The molecule has 0 atom stereocenters. The van der Waals surface area contributed by atoms with Gasteiger partial charge in [-0.1, -0.05) is 49.9 Å². The van der Waals surface area contributed by atoms with Gasteiger partial charge in [0.25, 0.3) is 5.91 Å². The summed E-state index contributed by atoms with van der Waals surface area (Å²) in [5, 5.41) is 0.434. The number of hydrogen-bond acceptors (Lipinski definition) is 3. The number of amides is 1. The highest BCUT2D eigenvalue weighted by Crippen LogP contribution is 2.18. The maximum absolute atomic E-state index is 12.6. The number of unbranched alkanes of at least 4 members (excludes halogenated alkanes) is 3. The Labute approximate surface area is 137 Å². The first kappa shape index (κ1) is 18.5. The van der Waals surface area contributed by atoms with Gasteiger partial charge in [-0.05, 0) is 18.6 Å². The zero-order valence-corrected chi connectivity index (χ0v) is 14.1. The quantitative estimate of drug-likeness (QED) is 0.510. The summed E-state index contributed by atoms with van der Waals surface area (Å²) in [6, 6.07) is 6.99. The third-order valence-corrected chi connectivity index (χ3v) is 3.82. The number of carbonyl (C=O) groups is 2. The van der Waals surface area contributed by atoms with Gasteiger partial charge in [0, 0.05) is 13.1 Å². The highest BCUT2D eigenvalue weighted by atomic mass is 35.5. The Bertz CT molecular complexity index is 491. The van der Waals surface area contributed by atoms with Crippen LogP contribution in [0.1, 0.15) is 49.4 Å². The molecule has 0 bridgehead atoms. The van der Waals surface area contributed by atoms with Gasteiger partial charge in [-0.2, -0.15) is 0 Å². The molecular formula is C17H24ClNO3. The van der Waals surface area contributed by atoms with Crippen molar-refractivity contribution in [3.05, 3.63) is 34.9 Å². The minimum atomic E-state index is -0.314. The molecular weight excluding hydrogens is 302 g/mol. The fourth-order valence-corrected chi connectivity index (χ4v) is 2.39. The fourth-order valence-electron chi connectivity index (χ4n) is 2.18. The number of rotatable bonds is 9. The van der Waals surface area contributed by atoms with E-state index in [0.717, 1.165) is 25.7 Å². The highest BCUT2D eigenvalue weighted by molar-refractivity contribution is 6.33. The average molecular weight is 326 g/mol. The summed E-state index contributed by atoms with van der Waals surface area (Å²) in [6.07, 6.45) is 4.47. The minimum Gasteiger partial charge on any atom is -0.469 e. The summed E-state index contributed by atoms with van der Waals surface area (Å²) < 4.78 is 4.65. The third-order valence-electron chi connectivity index (χ3n) is 3.49. The summed E-state index contributed by atoms with van der Waals surface area (Å²) in [5.41, 5.74) is 0.476. The van der Waals surface area contributed by atoms with Crippen LogP contribution in [0.5, 0.6) is 0 Å². The Morgan fingerprint density at radius 3 is 2.50 bits per heavy atom. The minimum absolute atomic E-state index is 0.133. The van der Waals surface area contributed by atoms with Crippen molar-refractivity contribution in [1.82, 2.24) is 4.90 Å². The van der Waals surface area contributed by atoms with Crippen molar-refractivity contribution in [3.63, 3.8) is 0 Å². The van der Waals surface area contributed by atoms with Crippen LogP contribution < -0.4 is 0 Å². The van der Waals surface area contributed by atoms with Gasteiger partial charge in [0.15, 0.2) is 0 Å². The number of ether oxygens (including phenoxy) is 1. The van der Waals surface area contributed by atoms with Crippen molar-refractivity contribution in [2.24, 2.45) is 0 Å². The van der Waals surface area contributed by atoms with Gasteiger partial charge in [0.1, 0.15) is 0 Å². The van der Waals surface area contributed by atoms with Crippen molar-refractivity contribution in [2.75, 3.05) is 20.2 Å². The molecule has 22 heavy (non-hydrogen) atoms. The zero-order valence-electron chi connectivity index (χ0n) is 13.3. The van der Waals surface area contributed by atoms with Gasteiger partial charge in [-0.15, -0.1) is 0 Å². The van der Waals surface area contributed by atoms with Gasteiger partial charge >= 0.3 is 5.97 Å². The van der Waals surface area contributed by atoms with E-state index >= 15 is 0 Å². The predicted molar refractivity (Wildman–Crippen MR) is 88.1 cm³/mol. The summed E-state index contributed by atoms with van der Waals surface area (Å²) in [5.74, 6) is -0.448. The van der Waals surface area contributed by atoms with E-state index in [9.17, 15) is 9.59 Å². The second-order valence-electron chi connectivity index (χ2n) is 5.16. The first-order valence-corrected chi connectivity index (χ1v) is 8.08. The van der Waals surface area contributed by atoms with Crippen molar-refractivity contribution in [1.29, 1.82) is 0 Å². The smallest absolute Gasteiger partial charge is 0.307 e. The van der Waals surface area contributed by atoms with Crippen molar-refractivity contribution >= 4 is 23.5 Å². The summed E-state index contributed by atoms with van der Waals surface area (Å²) in [7, 11) is 1.35. The number of halogens is 1. The topological polar surface area (TPSA) is 46.6 Å². The van der Waals surface area contributed by atoms with Gasteiger partial charge < -0.3 is 9.64 Å². The van der Waals surface area contributed by atoms with Gasteiger partial charge in [0.05, 0.1) is 24.1 Å². The molecule has 0 spiro atoms. The van der Waals surface area contributed by atoms with Crippen LogP contribution in [0.2, 0.25) is 5.02 Å². The molecule has 0 N–H and O–H groups in total. The number of benzene rings is 1. The molecule has 0 heterocycles. The molecule has 0 saturated carbocycles. The van der Waals surface area contributed by atoms with Crippen molar-refractivity contribution < 1.29 is 14.3 Å². The molecule has 0 radical (unpaired) electrons. The lowest BCUT2D eigenvalue weighted by atomic mass is 10.1. The van der Waals surface area contributed by atoms with Crippen molar-refractivity contribution in [3.8, 4) is 0 Å². The third kappa shape index (κ3) is 6.06. The molecule has 1 aromatic rings. The van der Waals surface area contributed by atoms with Crippen LogP contribution in [0.4, 0.5) is 0 Å². The number of nitrogens with zero attached hydrogens (tertiary/aromatic N) is 1. The first-order valence-electron chi connectivity index (χ1n) is 7.70. The van der Waals surface area contributed by atoms with E-state index < -0.39 is 0 Å². The van der Waals surface area contributed by atoms with Crippen LogP contribution in [0, 0.1) is 0 Å². The van der Waals surface area contributed by atoms with Crippen LogP contribution in [0.3, 0.4) is 0 Å². The summed E-state index contributed by atoms with van der Waals surface area (Å²) in [6.45, 7) is 3.12. The SMILES string of the molecule is CCCCCCN(CCC(=O)OC)C(=O)c1ccccc1Cl. The summed E-state index contributed by atoms with van der Waals surface area (Å²) in [4.78, 5) is 25.6. The van der Waals surface area contributed by atoms with Gasteiger partial charge in [0.2, 0.25) is 0 Å². The Morgan fingerprint density at radius 1 is 1.14 bits per heavy atom. The van der Waals surface area contributed by atoms with E-state index in [-0.39, 0.29) is 18.3 Å². The second kappa shape index (κ2) is 10.2. The lowest BCUT2D eigenvalue weighted by molar-refractivity contribution is -0.140. The molecule has 0 aliphatic rings. The van der Waals surface area contributed by atoms with Crippen LogP contribution in [-0.4, -0.2) is 37.0 Å². The molecule has 0 fully saturated rings. The van der Waals surface area contributed by atoms with E-state index in [1.165, 1.54) is 7.11 Å². The Kier molecular flexibility index (Phi) is 8.60. The van der Waals surface area contributed by atoms with Gasteiger partial charge in [-0.25, -0.2) is 0 Å². The van der Waals surface area contributed by atoms with E-state index in [1.807, 2.05) is 0 Å². The van der Waals surface area contributed by atoms with Crippen LogP contribution >= 0.6 is 11.6 Å². The van der Waals surface area contributed by atoms with Crippen LogP contribution in [-0.2, 0) is 9.53 Å².